The lowest BCUT2D eigenvalue weighted by Crippen LogP contribution is -2.35. The molecule has 0 amide bonds. The van der Waals surface area contributed by atoms with E-state index in [2.05, 4.69) is 56.7 Å². The van der Waals surface area contributed by atoms with Crippen LogP contribution in [0, 0.1) is 13.8 Å². The molecule has 22 heavy (non-hydrogen) atoms. The molecule has 1 heteroatoms. The summed E-state index contributed by atoms with van der Waals surface area (Å²) in [5, 5.41) is 2.38. The molecule has 0 unspecified atom stereocenters. The fourth-order valence-corrected chi connectivity index (χ4v) is 2.99. The van der Waals surface area contributed by atoms with Crippen molar-refractivity contribution >= 4 is 10.8 Å². The third-order valence-corrected chi connectivity index (χ3v) is 4.49. The van der Waals surface area contributed by atoms with E-state index >= 15 is 0 Å². The Kier molecular flexibility index (Phi) is 3.14. The fraction of sp³-hybridized carbons (Fsp3) is 0.286. The van der Waals surface area contributed by atoms with E-state index in [0.717, 1.165) is 16.8 Å². The average molecular weight is 292 g/mol. The molecular formula is C21H24N+. The van der Waals surface area contributed by atoms with Crippen molar-refractivity contribution in [1.29, 1.82) is 0 Å². The van der Waals surface area contributed by atoms with Gasteiger partial charge in [-0.15, -0.1) is 0 Å². The van der Waals surface area contributed by atoms with Gasteiger partial charge in [0.15, 0.2) is 5.69 Å². The highest BCUT2D eigenvalue weighted by Crippen LogP contribution is 2.30. The number of hydrogen-bond acceptors (Lipinski definition) is 0. The van der Waals surface area contributed by atoms with Crippen LogP contribution in [0.1, 0.15) is 39.3 Å². The van der Waals surface area contributed by atoms with Gasteiger partial charge in [-0.25, -0.2) is 0 Å². The number of pyridine rings is 1. The van der Waals surface area contributed by atoms with Crippen LogP contribution in [0.25, 0.3) is 22.0 Å². The highest BCUT2D eigenvalue weighted by Gasteiger charge is 2.19. The summed E-state index contributed by atoms with van der Waals surface area (Å²) in [5.74, 6) is 0.491. The van der Waals surface area contributed by atoms with Gasteiger partial charge >= 0.3 is 0 Å². The van der Waals surface area contributed by atoms with Gasteiger partial charge in [0.1, 0.15) is 7.05 Å². The van der Waals surface area contributed by atoms with Crippen molar-refractivity contribution in [1.82, 2.24) is 0 Å². The number of nitrogens with zero attached hydrogens (tertiary/aromatic N) is 1. The van der Waals surface area contributed by atoms with E-state index in [1.54, 1.807) is 6.07 Å². The molecule has 3 rings (SSSR count). The lowest BCUT2D eigenvalue weighted by atomic mass is 9.95. The molecule has 0 aliphatic rings. The number of aromatic nitrogens is 1. The van der Waals surface area contributed by atoms with Crippen LogP contribution in [0.2, 0.25) is 0 Å². The molecule has 1 heterocycles. The fourth-order valence-electron chi connectivity index (χ4n) is 2.99. The predicted molar refractivity (Wildman–Crippen MR) is 94.1 cm³/mol. The molecule has 1 nitrogen and oxygen atoms in total. The van der Waals surface area contributed by atoms with Gasteiger partial charge in [-0.1, -0.05) is 44.1 Å². The van der Waals surface area contributed by atoms with Crippen LogP contribution in [-0.4, -0.2) is 0 Å². The van der Waals surface area contributed by atoms with Crippen molar-refractivity contribution in [2.75, 3.05) is 0 Å². The third kappa shape index (κ3) is 2.41. The van der Waals surface area contributed by atoms with Gasteiger partial charge in [0.25, 0.3) is 0 Å². The van der Waals surface area contributed by atoms with E-state index in [0.29, 0.717) is 18.0 Å². The van der Waals surface area contributed by atoms with Gasteiger partial charge in [-0.05, 0) is 41.5 Å². The molecule has 0 aliphatic carbocycles. The van der Waals surface area contributed by atoms with Crippen molar-refractivity contribution < 1.29 is 7.31 Å². The molecule has 0 aliphatic heterocycles. The number of rotatable bonds is 2. The summed E-state index contributed by atoms with van der Waals surface area (Å²) in [6.07, 6.45) is 0. The van der Waals surface area contributed by atoms with Crippen LogP contribution in [0.3, 0.4) is 0 Å². The van der Waals surface area contributed by atoms with E-state index in [9.17, 15) is 0 Å². The Labute approximate surface area is 136 Å². The monoisotopic (exact) mass is 292 g/mol. The van der Waals surface area contributed by atoms with Crippen LogP contribution in [0.4, 0.5) is 0 Å². The van der Waals surface area contributed by atoms with Crippen molar-refractivity contribution in [2.45, 2.75) is 33.6 Å². The first-order valence-corrected chi connectivity index (χ1v) is 7.81. The summed E-state index contributed by atoms with van der Waals surface area (Å²) in [6, 6.07) is 13.1. The average Bonchev–Trinajstić information content (AvgIpc) is 2.52. The van der Waals surface area contributed by atoms with Gasteiger partial charge in [0.05, 0.1) is 8.13 Å². The molecule has 3 aromatic rings. The van der Waals surface area contributed by atoms with Crippen molar-refractivity contribution in [3.8, 4) is 11.3 Å². The molecule has 0 saturated carbocycles. The Hall–Kier alpha value is -2.15. The van der Waals surface area contributed by atoms with Crippen molar-refractivity contribution in [3.05, 3.63) is 65.3 Å². The van der Waals surface area contributed by atoms with Crippen LogP contribution >= 0.6 is 0 Å². The summed E-state index contributed by atoms with van der Waals surface area (Å²) in [4.78, 5) is 0. The minimum absolute atomic E-state index is 0.383. The van der Waals surface area contributed by atoms with Crippen molar-refractivity contribution in [3.63, 3.8) is 0 Å². The van der Waals surface area contributed by atoms with E-state index in [1.807, 2.05) is 13.0 Å². The maximum absolute atomic E-state index is 8.14. The lowest BCUT2D eigenvalue weighted by molar-refractivity contribution is -0.665. The van der Waals surface area contributed by atoms with Crippen molar-refractivity contribution in [2.24, 2.45) is 7.05 Å². The second-order valence-electron chi connectivity index (χ2n) is 6.33. The van der Waals surface area contributed by atoms with E-state index < -0.39 is 0 Å². The molecule has 2 aromatic carbocycles. The SMILES string of the molecule is [2H]c1cc([2H])c(C)c(-c2c3ccc(C(C)C)cc3cc(C)[n+]2C)c1. The van der Waals surface area contributed by atoms with Crippen LogP contribution in [-0.2, 0) is 7.05 Å². The zero-order chi connectivity index (χ0) is 17.6. The van der Waals surface area contributed by atoms with Gasteiger partial charge in [0.2, 0.25) is 5.69 Å². The standard InChI is InChI=1S/C21H24N/c1-14(2)17-10-11-20-18(13-17)12-16(4)22(5)21(20)19-9-7-6-8-15(19)3/h6-14H,1-5H3/q+1/i7D,8D. The van der Waals surface area contributed by atoms with Gasteiger partial charge in [-0.2, -0.15) is 4.57 Å². The first-order chi connectivity index (χ1) is 11.3. The van der Waals surface area contributed by atoms with E-state index in [1.165, 1.54) is 22.0 Å². The molecule has 0 bridgehead atoms. The molecule has 1 aromatic heterocycles. The molecule has 0 saturated heterocycles. The molecule has 0 radical (unpaired) electrons. The smallest absolute Gasteiger partial charge is 0.198 e. The minimum Gasteiger partial charge on any atom is -0.198 e. The quantitative estimate of drug-likeness (QED) is 0.580. The highest BCUT2D eigenvalue weighted by molar-refractivity contribution is 5.94. The van der Waals surface area contributed by atoms with Crippen LogP contribution in [0.5, 0.6) is 0 Å². The van der Waals surface area contributed by atoms with Crippen LogP contribution < -0.4 is 4.57 Å². The second kappa shape index (κ2) is 5.57. The molecule has 0 atom stereocenters. The van der Waals surface area contributed by atoms with Gasteiger partial charge < -0.3 is 0 Å². The van der Waals surface area contributed by atoms with E-state index in [-0.39, 0.29) is 0 Å². The summed E-state index contributed by atoms with van der Waals surface area (Å²) in [5.41, 5.74) is 5.47. The third-order valence-electron chi connectivity index (χ3n) is 4.49. The number of hydrogen-bond donors (Lipinski definition) is 0. The Bertz CT molecular complexity index is 942. The van der Waals surface area contributed by atoms with Crippen LogP contribution in [0.15, 0.2) is 48.5 Å². The molecular weight excluding hydrogens is 266 g/mol. The summed E-state index contributed by atoms with van der Waals surface area (Å²) in [7, 11) is 2.06. The maximum Gasteiger partial charge on any atom is 0.220 e. The topological polar surface area (TPSA) is 3.88 Å². The molecule has 0 spiro atoms. The zero-order valence-electron chi connectivity index (χ0n) is 16.0. The number of fused-ring (bicyclic) bond motifs is 1. The summed E-state index contributed by atoms with van der Waals surface area (Å²) < 4.78 is 18.3. The Morgan fingerprint density at radius 3 is 2.59 bits per heavy atom. The summed E-state index contributed by atoms with van der Waals surface area (Å²) >= 11 is 0. The maximum atomic E-state index is 8.14. The zero-order valence-corrected chi connectivity index (χ0v) is 14.0. The first kappa shape index (κ1) is 12.4. The molecule has 112 valence electrons. The minimum atomic E-state index is 0.383. The highest BCUT2D eigenvalue weighted by atomic mass is 14.9. The lowest BCUT2D eigenvalue weighted by Gasteiger charge is -2.12. The predicted octanol–water partition coefficient (Wildman–Crippen LogP) is 5.07. The van der Waals surface area contributed by atoms with Gasteiger partial charge in [-0.3, -0.25) is 0 Å². The first-order valence-electron chi connectivity index (χ1n) is 8.81. The summed E-state index contributed by atoms with van der Waals surface area (Å²) in [6.45, 7) is 8.48. The normalized spacial score (nSPS) is 12.6. The largest absolute Gasteiger partial charge is 0.220 e. The molecule has 0 fully saturated rings. The Morgan fingerprint density at radius 2 is 1.86 bits per heavy atom. The molecule has 0 N–H and O–H groups in total. The second-order valence-corrected chi connectivity index (χ2v) is 6.33. The Balaban J connectivity index is 2.41. The number of benzene rings is 2. The van der Waals surface area contributed by atoms with Gasteiger partial charge in [0, 0.05) is 18.6 Å². The number of aryl methyl sites for hydroxylation is 1. The van der Waals surface area contributed by atoms with E-state index in [4.69, 9.17) is 2.74 Å². The Morgan fingerprint density at radius 1 is 1.09 bits per heavy atom.